The normalized spacial score (nSPS) is 21.0. The number of rotatable bonds is 5. The average Bonchev–Trinajstić information content (AvgIpc) is 3.11. The smallest absolute Gasteiger partial charge is 0.326 e. The third kappa shape index (κ3) is 3.39. The summed E-state index contributed by atoms with van der Waals surface area (Å²) in [5, 5.41) is 24.7. The molecule has 1 aliphatic carbocycles. The van der Waals surface area contributed by atoms with Crippen LogP contribution in [0.1, 0.15) is 31.4 Å². The van der Waals surface area contributed by atoms with Crippen LogP contribution in [-0.4, -0.2) is 60.5 Å². The van der Waals surface area contributed by atoms with Crippen LogP contribution in [0.2, 0.25) is 0 Å². The monoisotopic (exact) mass is 397 g/mol. The number of imidazole rings is 1. The first kappa shape index (κ1) is 17.9. The maximum absolute atomic E-state index is 11.4. The Kier molecular flexibility index (Phi) is 4.35. The first-order valence-electron chi connectivity index (χ1n) is 9.92. The Balaban J connectivity index is 1.69. The molecule has 29 heavy (non-hydrogen) atoms. The van der Waals surface area contributed by atoms with Crippen LogP contribution in [0.25, 0.3) is 11.7 Å². The highest BCUT2D eigenvalue weighted by molar-refractivity contribution is 5.58. The van der Waals surface area contributed by atoms with Crippen LogP contribution in [0, 0.1) is 5.92 Å². The molecule has 0 amide bonds. The Labute approximate surface area is 165 Å². The van der Waals surface area contributed by atoms with Crippen molar-refractivity contribution >= 4 is 17.5 Å². The van der Waals surface area contributed by atoms with Gasteiger partial charge in [-0.1, -0.05) is 0 Å². The van der Waals surface area contributed by atoms with Gasteiger partial charge in [-0.05, 0) is 37.7 Å². The van der Waals surface area contributed by atoms with Crippen LogP contribution in [0.4, 0.5) is 5.82 Å². The molecule has 4 N–H and O–H groups in total. The fourth-order valence-corrected chi connectivity index (χ4v) is 3.81. The molecule has 0 radical (unpaired) electrons. The predicted octanol–water partition coefficient (Wildman–Crippen LogP) is -0.729. The number of hydrogen-bond donors (Lipinski definition) is 4. The second-order valence-electron chi connectivity index (χ2n) is 7.75. The molecule has 10 heteroatoms. The first-order chi connectivity index (χ1) is 14.1. The highest BCUT2D eigenvalue weighted by Crippen LogP contribution is 2.28. The summed E-state index contributed by atoms with van der Waals surface area (Å²) in [7, 11) is 0. The maximum atomic E-state index is 11.4. The fraction of sp³-hybridized carbons (Fsp3) is 0.474. The van der Waals surface area contributed by atoms with Gasteiger partial charge >= 0.3 is 5.69 Å². The molecule has 3 aromatic rings. The number of anilines is 1. The highest BCUT2D eigenvalue weighted by atomic mass is 16.3. The first-order valence-corrected chi connectivity index (χ1v) is 9.92. The van der Waals surface area contributed by atoms with Gasteiger partial charge in [-0.2, -0.15) is 9.61 Å². The van der Waals surface area contributed by atoms with E-state index in [1.54, 1.807) is 16.8 Å². The second kappa shape index (κ2) is 7.03. The molecule has 1 saturated carbocycles. The van der Waals surface area contributed by atoms with Gasteiger partial charge in [-0.3, -0.25) is 9.98 Å². The van der Waals surface area contributed by atoms with E-state index in [0.717, 1.165) is 31.7 Å². The number of aromatic nitrogens is 5. The van der Waals surface area contributed by atoms with Crippen LogP contribution >= 0.6 is 0 Å². The molecule has 1 aliphatic heterocycles. The topological polar surface area (TPSA) is 135 Å². The molecule has 1 saturated heterocycles. The van der Waals surface area contributed by atoms with E-state index >= 15 is 0 Å². The van der Waals surface area contributed by atoms with Gasteiger partial charge in [-0.25, -0.2) is 9.78 Å². The Morgan fingerprint density at radius 1 is 1.31 bits per heavy atom. The summed E-state index contributed by atoms with van der Waals surface area (Å²) in [6, 6.07) is 1.97. The van der Waals surface area contributed by atoms with Crippen molar-refractivity contribution in [3.63, 3.8) is 0 Å². The average molecular weight is 397 g/mol. The summed E-state index contributed by atoms with van der Waals surface area (Å²) in [5.41, 5.74) is 1.08. The summed E-state index contributed by atoms with van der Waals surface area (Å²) in [4.78, 5) is 28.0. The molecule has 10 nitrogen and oxygen atoms in total. The van der Waals surface area contributed by atoms with Crippen molar-refractivity contribution in [2.75, 3.05) is 24.6 Å². The van der Waals surface area contributed by atoms with Crippen LogP contribution in [-0.2, 0) is 0 Å². The molecule has 2 aliphatic rings. The van der Waals surface area contributed by atoms with Crippen molar-refractivity contribution in [2.45, 2.75) is 31.7 Å². The van der Waals surface area contributed by atoms with E-state index in [0.29, 0.717) is 22.3 Å². The molecular formula is C19H23N7O3. The van der Waals surface area contributed by atoms with Crippen molar-refractivity contribution in [3.8, 4) is 5.88 Å². The number of nitrogens with zero attached hydrogens (tertiary/aromatic N) is 5. The quantitative estimate of drug-likeness (QED) is 0.448. The van der Waals surface area contributed by atoms with E-state index in [9.17, 15) is 15.0 Å². The molecule has 3 aromatic heterocycles. The standard InChI is InChI=1S/C19H23N7O3/c27-10-13-2-1-5-25(13)16-7-15(20-8-11-3-4-11)26-17(23-16)12(9-21-26)6-14-18(28)24-19(29)22-14/h6-7,9,11,13,27-28H,1-5,8,10H2,(H2,22,24,29). The molecular weight excluding hydrogens is 374 g/mol. The highest BCUT2D eigenvalue weighted by Gasteiger charge is 2.26. The molecule has 4 heterocycles. The minimum absolute atomic E-state index is 0.0432. The van der Waals surface area contributed by atoms with E-state index in [-0.39, 0.29) is 24.2 Å². The van der Waals surface area contributed by atoms with Gasteiger partial charge in [0.15, 0.2) is 11.1 Å². The van der Waals surface area contributed by atoms with Crippen LogP contribution in [0.15, 0.2) is 22.1 Å². The number of aromatic hydroxyl groups is 1. The van der Waals surface area contributed by atoms with Crippen LogP contribution in [0.5, 0.6) is 5.88 Å². The Bertz CT molecular complexity index is 1220. The van der Waals surface area contributed by atoms with Crippen molar-refractivity contribution in [2.24, 2.45) is 10.9 Å². The molecule has 0 spiro atoms. The van der Waals surface area contributed by atoms with Crippen molar-refractivity contribution < 1.29 is 10.2 Å². The van der Waals surface area contributed by atoms with Gasteiger partial charge < -0.3 is 20.1 Å². The van der Waals surface area contributed by atoms with E-state index in [1.165, 1.54) is 12.8 Å². The third-order valence-electron chi connectivity index (χ3n) is 5.59. The van der Waals surface area contributed by atoms with Gasteiger partial charge in [0.1, 0.15) is 11.5 Å². The fourth-order valence-electron chi connectivity index (χ4n) is 3.81. The lowest BCUT2D eigenvalue weighted by atomic mass is 10.2. The Morgan fingerprint density at radius 3 is 2.90 bits per heavy atom. The number of nitrogens with one attached hydrogen (secondary N) is 2. The van der Waals surface area contributed by atoms with E-state index in [2.05, 4.69) is 20.0 Å². The van der Waals surface area contributed by atoms with Gasteiger partial charge in [0.2, 0.25) is 5.88 Å². The minimum Gasteiger partial charge on any atom is -0.493 e. The van der Waals surface area contributed by atoms with E-state index in [4.69, 9.17) is 9.98 Å². The van der Waals surface area contributed by atoms with Gasteiger partial charge in [0.25, 0.3) is 0 Å². The summed E-state index contributed by atoms with van der Waals surface area (Å²) < 4.78 is 1.68. The van der Waals surface area contributed by atoms with Crippen LogP contribution in [0.3, 0.4) is 0 Å². The zero-order valence-corrected chi connectivity index (χ0v) is 15.9. The number of H-pyrrole nitrogens is 2. The summed E-state index contributed by atoms with van der Waals surface area (Å²) in [6.45, 7) is 1.67. The lowest BCUT2D eigenvalue weighted by Gasteiger charge is -2.24. The molecule has 5 rings (SSSR count). The van der Waals surface area contributed by atoms with E-state index < -0.39 is 5.69 Å². The zero-order valence-electron chi connectivity index (χ0n) is 15.9. The van der Waals surface area contributed by atoms with Crippen molar-refractivity contribution in [1.82, 2.24) is 24.6 Å². The number of aliphatic hydroxyl groups is 1. The molecule has 1 atom stereocenters. The third-order valence-corrected chi connectivity index (χ3v) is 5.59. The molecule has 1 unspecified atom stereocenters. The Morgan fingerprint density at radius 2 is 2.17 bits per heavy atom. The summed E-state index contributed by atoms with van der Waals surface area (Å²) >= 11 is 0. The number of hydrogen-bond acceptors (Lipinski definition) is 7. The number of aliphatic hydroxyl groups excluding tert-OH is 1. The minimum atomic E-state index is -0.484. The molecule has 0 aromatic carbocycles. The summed E-state index contributed by atoms with van der Waals surface area (Å²) in [6.07, 6.45) is 7.62. The molecule has 2 fully saturated rings. The molecule has 152 valence electrons. The lowest BCUT2D eigenvalue weighted by Crippen LogP contribution is -2.34. The van der Waals surface area contributed by atoms with Gasteiger partial charge in [0.05, 0.1) is 18.8 Å². The van der Waals surface area contributed by atoms with E-state index in [1.807, 2.05) is 6.07 Å². The number of aromatic amines is 2. The lowest BCUT2D eigenvalue weighted by molar-refractivity contribution is 0.266. The molecule has 0 bridgehead atoms. The van der Waals surface area contributed by atoms with Crippen molar-refractivity contribution in [1.29, 1.82) is 0 Å². The zero-order chi connectivity index (χ0) is 20.0. The maximum Gasteiger partial charge on any atom is 0.326 e. The summed E-state index contributed by atoms with van der Waals surface area (Å²) in [5.74, 6) is 1.16. The van der Waals surface area contributed by atoms with Gasteiger partial charge in [0, 0.05) is 24.4 Å². The van der Waals surface area contributed by atoms with Gasteiger partial charge in [-0.15, -0.1) is 0 Å². The number of fused-ring (bicyclic) bond motifs is 1. The van der Waals surface area contributed by atoms with Crippen LogP contribution < -0.4 is 21.3 Å². The largest absolute Gasteiger partial charge is 0.493 e. The Hall–Kier alpha value is -3.14. The predicted molar refractivity (Wildman–Crippen MR) is 105 cm³/mol. The van der Waals surface area contributed by atoms with Crippen molar-refractivity contribution in [3.05, 3.63) is 39.1 Å². The SMILES string of the molecule is O=c1[nH]c(O)c(C=c2cnn3c(=NCC4CC4)cc(N4CCCC4CO)nc23)[nH]1. The second-order valence-corrected chi connectivity index (χ2v) is 7.75.